The number of fused-ring (bicyclic) bond motifs is 1. The van der Waals surface area contributed by atoms with Gasteiger partial charge in [-0.05, 0) is 59.3 Å². The smallest absolute Gasteiger partial charge is 0.148 e. The molecule has 1 saturated heterocycles. The summed E-state index contributed by atoms with van der Waals surface area (Å²) in [5.74, 6) is 2.52. The van der Waals surface area contributed by atoms with E-state index in [0.29, 0.717) is 6.04 Å². The van der Waals surface area contributed by atoms with Gasteiger partial charge >= 0.3 is 0 Å². The van der Waals surface area contributed by atoms with Gasteiger partial charge in [0, 0.05) is 12.6 Å². The van der Waals surface area contributed by atoms with Crippen molar-refractivity contribution in [2.75, 3.05) is 18.4 Å². The van der Waals surface area contributed by atoms with Crippen LogP contribution in [0.15, 0.2) is 16.7 Å². The number of halogens is 3. The van der Waals surface area contributed by atoms with Gasteiger partial charge in [0.1, 0.15) is 10.4 Å². The van der Waals surface area contributed by atoms with E-state index in [4.69, 9.17) is 0 Å². The number of rotatable bonds is 2. The predicted octanol–water partition coefficient (Wildman–Crippen LogP) is 2.49. The summed E-state index contributed by atoms with van der Waals surface area (Å²) in [6.07, 6.45) is 2.59. The fourth-order valence-electron chi connectivity index (χ4n) is 2.91. The van der Waals surface area contributed by atoms with Crippen molar-refractivity contribution < 1.29 is 0 Å². The molecule has 0 spiro atoms. The van der Waals surface area contributed by atoms with Crippen LogP contribution >= 0.6 is 40.7 Å². The summed E-state index contributed by atoms with van der Waals surface area (Å²) in [6, 6.07) is 4.47. The Bertz CT molecular complexity index is 376. The monoisotopic (exact) mass is 354 g/mol. The Labute approximate surface area is 128 Å². The van der Waals surface area contributed by atoms with Crippen LogP contribution in [-0.2, 0) is 0 Å². The van der Waals surface area contributed by atoms with Crippen molar-refractivity contribution in [2.45, 2.75) is 18.9 Å². The molecule has 4 nitrogen and oxygen atoms in total. The van der Waals surface area contributed by atoms with Crippen LogP contribution in [0.25, 0.3) is 0 Å². The minimum absolute atomic E-state index is 0. The van der Waals surface area contributed by atoms with Gasteiger partial charge in [-0.3, -0.25) is 0 Å². The summed E-state index contributed by atoms with van der Waals surface area (Å²) in [7, 11) is 0. The minimum Gasteiger partial charge on any atom is -0.366 e. The van der Waals surface area contributed by atoms with Crippen LogP contribution in [0.1, 0.15) is 12.8 Å². The molecule has 2 fully saturated rings. The Morgan fingerprint density at radius 2 is 2.00 bits per heavy atom. The Kier molecular flexibility index (Phi) is 6.11. The lowest BCUT2D eigenvalue weighted by molar-refractivity contribution is 0.468. The SMILES string of the molecule is Brc1ccc(NC2CCC3CNCC32)nn1.Cl.Cl. The lowest BCUT2D eigenvalue weighted by Crippen LogP contribution is -2.28. The molecule has 0 amide bonds. The maximum Gasteiger partial charge on any atom is 0.148 e. The van der Waals surface area contributed by atoms with Crippen LogP contribution in [0.3, 0.4) is 0 Å². The molecule has 2 N–H and O–H groups in total. The molecule has 102 valence electrons. The van der Waals surface area contributed by atoms with E-state index in [2.05, 4.69) is 36.8 Å². The molecule has 7 heteroatoms. The van der Waals surface area contributed by atoms with Gasteiger partial charge in [-0.2, -0.15) is 0 Å². The van der Waals surface area contributed by atoms with E-state index in [9.17, 15) is 0 Å². The van der Waals surface area contributed by atoms with Crippen molar-refractivity contribution in [1.29, 1.82) is 0 Å². The minimum atomic E-state index is 0. The highest BCUT2D eigenvalue weighted by Gasteiger charge is 2.39. The molecule has 3 rings (SSSR count). The molecule has 1 aromatic rings. The van der Waals surface area contributed by atoms with E-state index >= 15 is 0 Å². The second-order valence-corrected chi connectivity index (χ2v) is 5.46. The first-order chi connectivity index (χ1) is 7.83. The Balaban J connectivity index is 0.000000810. The van der Waals surface area contributed by atoms with Gasteiger partial charge in [0.05, 0.1) is 0 Å². The van der Waals surface area contributed by atoms with E-state index < -0.39 is 0 Å². The normalized spacial score (nSPS) is 29.1. The Morgan fingerprint density at radius 3 is 2.72 bits per heavy atom. The maximum absolute atomic E-state index is 4.13. The molecule has 18 heavy (non-hydrogen) atoms. The summed E-state index contributed by atoms with van der Waals surface area (Å²) in [6.45, 7) is 2.33. The van der Waals surface area contributed by atoms with E-state index in [1.54, 1.807) is 0 Å². The third kappa shape index (κ3) is 3.26. The molecule has 1 aromatic heterocycles. The van der Waals surface area contributed by atoms with E-state index in [1.807, 2.05) is 12.1 Å². The number of hydrogen-bond donors (Lipinski definition) is 2. The standard InChI is InChI=1S/C11H15BrN4.2ClH/c12-10-3-4-11(16-15-10)14-9-2-1-7-5-13-6-8(7)9;;/h3-4,7-9,13H,1-2,5-6H2,(H,14,16);2*1H. The lowest BCUT2D eigenvalue weighted by Gasteiger charge is -2.19. The molecule has 2 aliphatic rings. The topological polar surface area (TPSA) is 49.8 Å². The van der Waals surface area contributed by atoms with Gasteiger partial charge < -0.3 is 10.6 Å². The molecule has 1 aliphatic heterocycles. The molecule has 1 saturated carbocycles. The third-order valence-corrected chi connectivity index (χ3v) is 4.15. The van der Waals surface area contributed by atoms with E-state index in [1.165, 1.54) is 19.4 Å². The van der Waals surface area contributed by atoms with Crippen molar-refractivity contribution in [3.8, 4) is 0 Å². The molecular formula is C11H17BrCl2N4. The van der Waals surface area contributed by atoms with Crippen LogP contribution in [0.5, 0.6) is 0 Å². The Morgan fingerprint density at radius 1 is 1.17 bits per heavy atom. The highest BCUT2D eigenvalue weighted by atomic mass is 79.9. The summed E-state index contributed by atoms with van der Waals surface area (Å²) in [5, 5.41) is 15.1. The number of anilines is 1. The molecular weight excluding hydrogens is 339 g/mol. The quantitative estimate of drug-likeness (QED) is 0.855. The first kappa shape index (κ1) is 16.0. The van der Waals surface area contributed by atoms with Crippen molar-refractivity contribution in [1.82, 2.24) is 15.5 Å². The fourth-order valence-corrected chi connectivity index (χ4v) is 3.12. The van der Waals surface area contributed by atoms with Crippen molar-refractivity contribution in [2.24, 2.45) is 11.8 Å². The molecule has 0 radical (unpaired) electrons. The largest absolute Gasteiger partial charge is 0.366 e. The lowest BCUT2D eigenvalue weighted by atomic mass is 9.98. The van der Waals surface area contributed by atoms with Crippen molar-refractivity contribution in [3.05, 3.63) is 16.7 Å². The van der Waals surface area contributed by atoms with Crippen LogP contribution < -0.4 is 10.6 Å². The zero-order valence-corrected chi connectivity index (χ0v) is 13.0. The molecule has 2 heterocycles. The first-order valence-electron chi connectivity index (χ1n) is 5.79. The van der Waals surface area contributed by atoms with Crippen LogP contribution in [0.2, 0.25) is 0 Å². The van der Waals surface area contributed by atoms with Gasteiger partial charge in [0.2, 0.25) is 0 Å². The highest BCUT2D eigenvalue weighted by molar-refractivity contribution is 9.10. The Hall–Kier alpha value is -0.100. The van der Waals surface area contributed by atoms with Gasteiger partial charge in [0.25, 0.3) is 0 Å². The molecule has 3 unspecified atom stereocenters. The van der Waals surface area contributed by atoms with Gasteiger partial charge in [0.15, 0.2) is 0 Å². The fraction of sp³-hybridized carbons (Fsp3) is 0.636. The molecule has 0 bridgehead atoms. The van der Waals surface area contributed by atoms with Crippen LogP contribution in [0, 0.1) is 11.8 Å². The molecule has 1 aliphatic carbocycles. The molecule has 3 atom stereocenters. The van der Waals surface area contributed by atoms with Crippen LogP contribution in [-0.4, -0.2) is 29.3 Å². The van der Waals surface area contributed by atoms with Gasteiger partial charge in [-0.25, -0.2) is 0 Å². The highest BCUT2D eigenvalue weighted by Crippen LogP contribution is 2.35. The second kappa shape index (κ2) is 6.89. The number of nitrogens with zero attached hydrogens (tertiary/aromatic N) is 2. The molecule has 0 aromatic carbocycles. The number of nitrogens with one attached hydrogen (secondary N) is 2. The average molecular weight is 356 g/mol. The van der Waals surface area contributed by atoms with E-state index in [-0.39, 0.29) is 24.8 Å². The zero-order valence-electron chi connectivity index (χ0n) is 9.80. The van der Waals surface area contributed by atoms with Crippen molar-refractivity contribution in [3.63, 3.8) is 0 Å². The first-order valence-corrected chi connectivity index (χ1v) is 6.59. The van der Waals surface area contributed by atoms with E-state index in [0.717, 1.165) is 28.8 Å². The summed E-state index contributed by atoms with van der Waals surface area (Å²) >= 11 is 3.29. The third-order valence-electron chi connectivity index (χ3n) is 3.72. The summed E-state index contributed by atoms with van der Waals surface area (Å²) < 4.78 is 0.782. The number of hydrogen-bond acceptors (Lipinski definition) is 4. The van der Waals surface area contributed by atoms with Gasteiger partial charge in [-0.1, -0.05) is 0 Å². The van der Waals surface area contributed by atoms with Gasteiger partial charge in [-0.15, -0.1) is 35.0 Å². The predicted molar refractivity (Wildman–Crippen MR) is 80.7 cm³/mol. The summed E-state index contributed by atoms with van der Waals surface area (Å²) in [4.78, 5) is 0. The summed E-state index contributed by atoms with van der Waals surface area (Å²) in [5.41, 5.74) is 0. The zero-order chi connectivity index (χ0) is 11.0. The maximum atomic E-state index is 4.13. The average Bonchev–Trinajstić information content (AvgIpc) is 2.86. The van der Waals surface area contributed by atoms with Crippen molar-refractivity contribution >= 4 is 46.6 Å². The van der Waals surface area contributed by atoms with Crippen LogP contribution in [0.4, 0.5) is 5.82 Å². The number of aromatic nitrogens is 2. The second-order valence-electron chi connectivity index (χ2n) is 4.65.